The monoisotopic (exact) mass is 122 g/mol. The van der Waals surface area contributed by atoms with E-state index in [1.807, 2.05) is 0 Å². The van der Waals surface area contributed by atoms with Gasteiger partial charge in [0.05, 0.1) is 5.55 Å². The van der Waals surface area contributed by atoms with Crippen molar-refractivity contribution < 1.29 is 0 Å². The van der Waals surface area contributed by atoms with E-state index >= 15 is 0 Å². The number of aliphatic imine (C=N–C) groups is 1. The first-order valence-electron chi connectivity index (χ1n) is 1.48. The van der Waals surface area contributed by atoms with Gasteiger partial charge in [0.2, 0.25) is 0 Å². The van der Waals surface area contributed by atoms with E-state index in [4.69, 9.17) is 11.8 Å². The lowest BCUT2D eigenvalue weighted by Crippen LogP contribution is -1.92. The lowest BCUT2D eigenvalue weighted by molar-refractivity contribution is 0.767. The van der Waals surface area contributed by atoms with Gasteiger partial charge in [-0.25, -0.2) is 0 Å². The van der Waals surface area contributed by atoms with Crippen LogP contribution in [0.4, 0.5) is 0 Å². The largest absolute Gasteiger partial charge is 0.267 e. The molecule has 0 aliphatic carbocycles. The number of rotatable bonds is 0. The number of hydrogen-bond acceptors (Lipinski definition) is 3. The molecule has 34 valence electrons. The van der Waals surface area contributed by atoms with Gasteiger partial charge in [0.1, 0.15) is 6.67 Å². The van der Waals surface area contributed by atoms with Crippen molar-refractivity contribution in [3.05, 3.63) is 0 Å². The van der Waals surface area contributed by atoms with E-state index in [0.717, 1.165) is 0 Å². The summed E-state index contributed by atoms with van der Waals surface area (Å²) in [6.07, 6.45) is 0. The zero-order chi connectivity index (χ0) is 4.41. The second-order valence-corrected chi connectivity index (χ2v) is 2.32. The molecule has 1 aliphatic rings. The van der Waals surface area contributed by atoms with Gasteiger partial charge in [0.15, 0.2) is 0 Å². The Bertz CT molecular complexity index is 65.9. The Hall–Kier alpha value is 0.270. The lowest BCUT2D eigenvalue weighted by Gasteiger charge is -1.92. The maximum atomic E-state index is 5.38. The predicted molar refractivity (Wildman–Crippen MR) is 28.6 cm³/mol. The summed E-state index contributed by atoms with van der Waals surface area (Å²) in [5, 5.41) is 0. The molecule has 0 fully saturated rings. The first kappa shape index (κ1) is 4.43. The molecule has 0 N–H and O–H groups in total. The molecule has 1 aliphatic heterocycles. The Morgan fingerprint density at radius 3 is 3.00 bits per heavy atom. The maximum Gasteiger partial charge on any atom is 0.117 e. The van der Waals surface area contributed by atoms with Gasteiger partial charge >= 0.3 is 0 Å². The molecule has 6 heavy (non-hydrogen) atoms. The lowest BCUT2D eigenvalue weighted by atomic mass is 11.2. The van der Waals surface area contributed by atoms with Crippen LogP contribution in [-0.2, 0) is 0 Å². The molecule has 2 nitrogen and oxygen atoms in total. The van der Waals surface area contributed by atoms with Crippen LogP contribution in [0.15, 0.2) is 4.99 Å². The molecule has 0 unspecified atom stereocenters. The molecule has 0 radical (unpaired) electrons. The van der Waals surface area contributed by atoms with Gasteiger partial charge in [-0.2, -0.15) is 0 Å². The third-order valence-electron chi connectivity index (χ3n) is 0.429. The third kappa shape index (κ3) is 0.864. The van der Waals surface area contributed by atoms with Crippen LogP contribution < -0.4 is 0 Å². The molecular formula is C2H3ClN2S. The van der Waals surface area contributed by atoms with E-state index in [1.54, 1.807) is 5.55 Å². The van der Waals surface area contributed by atoms with E-state index < -0.39 is 0 Å². The van der Waals surface area contributed by atoms with Gasteiger partial charge in [-0.15, -0.1) is 3.82 Å². The van der Waals surface area contributed by atoms with Crippen molar-refractivity contribution in [2.45, 2.75) is 0 Å². The van der Waals surface area contributed by atoms with Crippen molar-refractivity contribution in [2.75, 3.05) is 6.67 Å². The third-order valence-corrected chi connectivity index (χ3v) is 1.36. The normalized spacial score (nSPS) is 22.8. The van der Waals surface area contributed by atoms with Crippen LogP contribution in [0.25, 0.3) is 0 Å². The van der Waals surface area contributed by atoms with Crippen LogP contribution >= 0.6 is 23.7 Å². The van der Waals surface area contributed by atoms with Crippen LogP contribution in [0, 0.1) is 0 Å². The Kier molecular flexibility index (Phi) is 1.34. The van der Waals surface area contributed by atoms with Crippen molar-refractivity contribution in [2.24, 2.45) is 4.99 Å². The highest BCUT2D eigenvalue weighted by Gasteiger charge is 2.00. The molecule has 0 bridgehead atoms. The zero-order valence-corrected chi connectivity index (χ0v) is 4.54. The first-order valence-corrected chi connectivity index (χ1v) is 2.65. The van der Waals surface area contributed by atoms with E-state index in [2.05, 4.69) is 4.99 Å². The SMILES string of the molecule is ClN1CN=CS1. The topological polar surface area (TPSA) is 15.6 Å². The summed E-state index contributed by atoms with van der Waals surface area (Å²) >= 11 is 6.79. The highest BCUT2D eigenvalue weighted by Crippen LogP contribution is 2.14. The summed E-state index contributed by atoms with van der Waals surface area (Å²) in [6, 6.07) is 0. The van der Waals surface area contributed by atoms with Gasteiger partial charge in [-0.1, -0.05) is 0 Å². The molecule has 4 heteroatoms. The molecule has 0 aromatic heterocycles. The second-order valence-electron chi connectivity index (χ2n) is 0.852. The van der Waals surface area contributed by atoms with E-state index in [-0.39, 0.29) is 0 Å². The number of hydrogen-bond donors (Lipinski definition) is 0. The summed E-state index contributed by atoms with van der Waals surface area (Å²) < 4.78 is 1.53. The minimum atomic E-state index is 0.617. The van der Waals surface area contributed by atoms with Gasteiger partial charge in [0.25, 0.3) is 0 Å². The van der Waals surface area contributed by atoms with Crippen LogP contribution in [-0.4, -0.2) is 16.0 Å². The molecule has 0 saturated heterocycles. The molecule has 0 atom stereocenters. The summed E-state index contributed by atoms with van der Waals surface area (Å²) in [7, 11) is 0. The fraction of sp³-hybridized carbons (Fsp3) is 0.500. The fourth-order valence-corrected chi connectivity index (χ4v) is 0.753. The molecule has 0 amide bonds. The van der Waals surface area contributed by atoms with Gasteiger partial charge < -0.3 is 0 Å². The molecule has 0 spiro atoms. The second kappa shape index (κ2) is 1.82. The average molecular weight is 123 g/mol. The molecule has 0 saturated carbocycles. The van der Waals surface area contributed by atoms with Crippen molar-refractivity contribution in [3.63, 3.8) is 0 Å². The maximum absolute atomic E-state index is 5.38. The zero-order valence-electron chi connectivity index (χ0n) is 2.97. The van der Waals surface area contributed by atoms with Crippen LogP contribution in [0.1, 0.15) is 0 Å². The first-order chi connectivity index (χ1) is 2.89. The molecule has 1 heterocycles. The average Bonchev–Trinajstić information content (AvgIpc) is 1.86. The van der Waals surface area contributed by atoms with Crippen molar-refractivity contribution in [1.29, 1.82) is 0 Å². The fourth-order valence-electron chi connectivity index (χ4n) is 0.215. The smallest absolute Gasteiger partial charge is 0.117 e. The Morgan fingerprint density at radius 2 is 2.83 bits per heavy atom. The van der Waals surface area contributed by atoms with Crippen molar-refractivity contribution in [3.8, 4) is 0 Å². The van der Waals surface area contributed by atoms with E-state index in [9.17, 15) is 0 Å². The highest BCUT2D eigenvalue weighted by atomic mass is 35.5. The van der Waals surface area contributed by atoms with Gasteiger partial charge in [-0.05, 0) is 23.7 Å². The minimum absolute atomic E-state index is 0.617. The van der Waals surface area contributed by atoms with Gasteiger partial charge in [0, 0.05) is 0 Å². The predicted octanol–water partition coefficient (Wildman–Crippen LogP) is 1.09. The van der Waals surface area contributed by atoms with Crippen LogP contribution in [0.5, 0.6) is 0 Å². The summed E-state index contributed by atoms with van der Waals surface area (Å²) in [6.45, 7) is 0.617. The summed E-state index contributed by atoms with van der Waals surface area (Å²) in [5.41, 5.74) is 1.72. The molecule has 0 aromatic rings. The van der Waals surface area contributed by atoms with Gasteiger partial charge in [-0.3, -0.25) is 4.99 Å². The summed E-state index contributed by atoms with van der Waals surface area (Å²) in [5.74, 6) is 0. The minimum Gasteiger partial charge on any atom is -0.267 e. The molecular weight excluding hydrogens is 120 g/mol. The standard InChI is InChI=1S/C2H3ClN2S/c3-5-1-4-2-6-5/h2H,1H2. The number of halogens is 1. The number of nitrogens with zero attached hydrogens (tertiary/aromatic N) is 2. The van der Waals surface area contributed by atoms with Crippen molar-refractivity contribution >= 4 is 29.3 Å². The van der Waals surface area contributed by atoms with Crippen molar-refractivity contribution in [1.82, 2.24) is 3.82 Å². The molecule has 1 rings (SSSR count). The molecule has 0 aromatic carbocycles. The van der Waals surface area contributed by atoms with E-state index in [0.29, 0.717) is 6.67 Å². The quantitative estimate of drug-likeness (QED) is 0.353. The van der Waals surface area contributed by atoms with Crippen LogP contribution in [0.2, 0.25) is 0 Å². The summed E-state index contributed by atoms with van der Waals surface area (Å²) in [4.78, 5) is 3.80. The Morgan fingerprint density at radius 1 is 2.00 bits per heavy atom. The van der Waals surface area contributed by atoms with E-state index in [1.165, 1.54) is 15.8 Å². The Labute approximate surface area is 45.4 Å². The van der Waals surface area contributed by atoms with Crippen LogP contribution in [0.3, 0.4) is 0 Å². The Balaban J connectivity index is 2.32. The highest BCUT2D eigenvalue weighted by molar-refractivity contribution is 8.10.